The summed E-state index contributed by atoms with van der Waals surface area (Å²) in [6.45, 7) is 5.95. The standard InChI is InChI=1S/C11H17N2/c1-3-9-13(2)10-7-11-6-4-5-8-12-11/h4-6,8H,1,3,7,9-10H2,2H3. The van der Waals surface area contributed by atoms with E-state index in [0.717, 1.165) is 25.9 Å². The number of hydrogen-bond acceptors (Lipinski definition) is 2. The van der Waals surface area contributed by atoms with E-state index in [1.165, 1.54) is 5.69 Å². The summed E-state index contributed by atoms with van der Waals surface area (Å²) in [5.41, 5.74) is 1.17. The topological polar surface area (TPSA) is 16.1 Å². The fraction of sp³-hybridized carbons (Fsp3) is 0.455. The van der Waals surface area contributed by atoms with E-state index in [-0.39, 0.29) is 0 Å². The summed E-state index contributed by atoms with van der Waals surface area (Å²) in [5.74, 6) is 0. The summed E-state index contributed by atoms with van der Waals surface area (Å²) in [5, 5.41) is 0. The van der Waals surface area contributed by atoms with E-state index in [9.17, 15) is 0 Å². The van der Waals surface area contributed by atoms with Gasteiger partial charge in [-0.1, -0.05) is 13.0 Å². The summed E-state index contributed by atoms with van der Waals surface area (Å²) < 4.78 is 0. The lowest BCUT2D eigenvalue weighted by Gasteiger charge is -2.14. The third kappa shape index (κ3) is 4.04. The Kier molecular flexibility index (Phi) is 4.47. The number of hydrogen-bond donors (Lipinski definition) is 0. The first-order valence-corrected chi connectivity index (χ1v) is 4.70. The van der Waals surface area contributed by atoms with Crippen LogP contribution in [-0.4, -0.2) is 30.0 Å². The van der Waals surface area contributed by atoms with Crippen LogP contribution in [0.4, 0.5) is 0 Å². The second-order valence-corrected chi connectivity index (χ2v) is 3.23. The zero-order chi connectivity index (χ0) is 9.52. The Balaban J connectivity index is 2.27. The fourth-order valence-corrected chi connectivity index (χ4v) is 1.23. The van der Waals surface area contributed by atoms with Crippen molar-refractivity contribution in [2.45, 2.75) is 12.8 Å². The molecule has 0 fully saturated rings. The van der Waals surface area contributed by atoms with Gasteiger partial charge in [0.05, 0.1) is 0 Å². The smallest absolute Gasteiger partial charge is 0.0416 e. The molecule has 1 heterocycles. The Labute approximate surface area is 80.6 Å². The van der Waals surface area contributed by atoms with Crippen molar-refractivity contribution in [1.82, 2.24) is 9.88 Å². The van der Waals surface area contributed by atoms with Crippen molar-refractivity contribution in [3.05, 3.63) is 37.0 Å². The molecule has 2 heteroatoms. The van der Waals surface area contributed by atoms with E-state index in [4.69, 9.17) is 0 Å². The second-order valence-electron chi connectivity index (χ2n) is 3.23. The molecule has 1 aromatic rings. The third-order valence-corrected chi connectivity index (χ3v) is 2.02. The molecule has 1 radical (unpaired) electrons. The van der Waals surface area contributed by atoms with Gasteiger partial charge in [-0.05, 0) is 32.1 Å². The van der Waals surface area contributed by atoms with Crippen LogP contribution in [0, 0.1) is 6.92 Å². The van der Waals surface area contributed by atoms with Crippen LogP contribution >= 0.6 is 0 Å². The average molecular weight is 177 g/mol. The van der Waals surface area contributed by atoms with Crippen LogP contribution < -0.4 is 0 Å². The molecule has 0 aliphatic heterocycles. The number of aromatic nitrogens is 1. The van der Waals surface area contributed by atoms with Gasteiger partial charge in [0.2, 0.25) is 0 Å². The van der Waals surface area contributed by atoms with Gasteiger partial charge in [0.15, 0.2) is 0 Å². The molecule has 0 N–H and O–H groups in total. The first kappa shape index (κ1) is 10.2. The monoisotopic (exact) mass is 177 g/mol. The lowest BCUT2D eigenvalue weighted by molar-refractivity contribution is 0.343. The van der Waals surface area contributed by atoms with Gasteiger partial charge in [0.1, 0.15) is 0 Å². The maximum atomic E-state index is 4.27. The van der Waals surface area contributed by atoms with E-state index in [2.05, 4.69) is 29.9 Å². The SMILES string of the molecule is [CH2]CCN(C)CCc1ccccn1. The van der Waals surface area contributed by atoms with Crippen LogP contribution in [0.3, 0.4) is 0 Å². The predicted octanol–water partition coefficient (Wildman–Crippen LogP) is 1.78. The normalized spacial score (nSPS) is 10.7. The highest BCUT2D eigenvalue weighted by Crippen LogP contribution is 1.96. The van der Waals surface area contributed by atoms with Crippen LogP contribution in [0.25, 0.3) is 0 Å². The highest BCUT2D eigenvalue weighted by Gasteiger charge is 1.97. The minimum atomic E-state index is 0.971. The van der Waals surface area contributed by atoms with Crippen molar-refractivity contribution in [1.29, 1.82) is 0 Å². The maximum absolute atomic E-state index is 4.27. The lowest BCUT2D eigenvalue weighted by Crippen LogP contribution is -2.22. The first-order valence-electron chi connectivity index (χ1n) is 4.70. The molecule has 0 bridgehead atoms. The Morgan fingerprint density at radius 2 is 2.23 bits per heavy atom. The Bertz CT molecular complexity index is 221. The highest BCUT2D eigenvalue weighted by molar-refractivity contribution is 5.03. The third-order valence-electron chi connectivity index (χ3n) is 2.02. The van der Waals surface area contributed by atoms with E-state index < -0.39 is 0 Å². The quantitative estimate of drug-likeness (QED) is 0.681. The summed E-state index contributed by atoms with van der Waals surface area (Å²) in [6, 6.07) is 6.05. The molecule has 1 aromatic heterocycles. The molecule has 0 saturated carbocycles. The van der Waals surface area contributed by atoms with Gasteiger partial charge in [-0.3, -0.25) is 4.98 Å². The van der Waals surface area contributed by atoms with Crippen LogP contribution in [0.15, 0.2) is 24.4 Å². The molecular formula is C11H17N2. The van der Waals surface area contributed by atoms with Gasteiger partial charge in [0.25, 0.3) is 0 Å². The van der Waals surface area contributed by atoms with Crippen LogP contribution in [-0.2, 0) is 6.42 Å². The van der Waals surface area contributed by atoms with Crippen molar-refractivity contribution < 1.29 is 0 Å². The van der Waals surface area contributed by atoms with Gasteiger partial charge in [-0.2, -0.15) is 0 Å². The number of likely N-dealkylation sites (N-methyl/N-ethyl adjacent to an activating group) is 1. The van der Waals surface area contributed by atoms with Gasteiger partial charge >= 0.3 is 0 Å². The number of nitrogens with zero attached hydrogens (tertiary/aromatic N) is 2. The van der Waals surface area contributed by atoms with E-state index in [0.29, 0.717) is 0 Å². The molecule has 0 aliphatic carbocycles. The minimum Gasteiger partial charge on any atom is -0.306 e. The Hall–Kier alpha value is -0.890. The molecule has 0 aliphatic rings. The summed E-state index contributed by atoms with van der Waals surface area (Å²) in [4.78, 5) is 6.55. The van der Waals surface area contributed by atoms with Crippen molar-refractivity contribution in [3.8, 4) is 0 Å². The van der Waals surface area contributed by atoms with Gasteiger partial charge in [-0.15, -0.1) is 0 Å². The number of rotatable bonds is 5. The Morgan fingerprint density at radius 1 is 1.38 bits per heavy atom. The molecule has 2 nitrogen and oxygen atoms in total. The Morgan fingerprint density at radius 3 is 2.85 bits per heavy atom. The van der Waals surface area contributed by atoms with E-state index in [1.54, 1.807) is 0 Å². The fourth-order valence-electron chi connectivity index (χ4n) is 1.23. The predicted molar refractivity (Wildman–Crippen MR) is 55.4 cm³/mol. The van der Waals surface area contributed by atoms with Crippen molar-refractivity contribution in [2.24, 2.45) is 0 Å². The molecular weight excluding hydrogens is 160 g/mol. The van der Waals surface area contributed by atoms with Gasteiger partial charge < -0.3 is 4.90 Å². The number of pyridine rings is 1. The molecule has 0 atom stereocenters. The molecule has 0 spiro atoms. The molecule has 0 amide bonds. The largest absolute Gasteiger partial charge is 0.306 e. The summed E-state index contributed by atoms with van der Waals surface area (Å²) >= 11 is 0. The highest BCUT2D eigenvalue weighted by atomic mass is 15.1. The minimum absolute atomic E-state index is 0.971. The zero-order valence-corrected chi connectivity index (χ0v) is 8.24. The molecule has 13 heavy (non-hydrogen) atoms. The molecule has 0 aromatic carbocycles. The van der Waals surface area contributed by atoms with Crippen molar-refractivity contribution in [3.63, 3.8) is 0 Å². The lowest BCUT2D eigenvalue weighted by atomic mass is 10.2. The van der Waals surface area contributed by atoms with Crippen molar-refractivity contribution >= 4 is 0 Å². The summed E-state index contributed by atoms with van der Waals surface area (Å²) in [6.07, 6.45) is 3.84. The molecule has 0 saturated heterocycles. The van der Waals surface area contributed by atoms with E-state index in [1.807, 2.05) is 18.3 Å². The van der Waals surface area contributed by atoms with Gasteiger partial charge in [0, 0.05) is 24.9 Å². The van der Waals surface area contributed by atoms with E-state index >= 15 is 0 Å². The van der Waals surface area contributed by atoms with Crippen LogP contribution in [0.1, 0.15) is 12.1 Å². The molecule has 1 rings (SSSR count). The van der Waals surface area contributed by atoms with Crippen LogP contribution in [0.2, 0.25) is 0 Å². The average Bonchev–Trinajstić information content (AvgIpc) is 2.17. The zero-order valence-electron chi connectivity index (χ0n) is 8.24. The summed E-state index contributed by atoms with van der Waals surface area (Å²) in [7, 11) is 2.12. The second kappa shape index (κ2) is 5.70. The first-order chi connectivity index (χ1) is 6.33. The molecule has 71 valence electrons. The van der Waals surface area contributed by atoms with Crippen molar-refractivity contribution in [2.75, 3.05) is 20.1 Å². The molecule has 0 unspecified atom stereocenters. The van der Waals surface area contributed by atoms with Crippen LogP contribution in [0.5, 0.6) is 0 Å². The maximum Gasteiger partial charge on any atom is 0.0416 e. The van der Waals surface area contributed by atoms with Gasteiger partial charge in [-0.25, -0.2) is 0 Å².